The minimum atomic E-state index is -1.60. The fourth-order valence-electron chi connectivity index (χ4n) is 12.8. The normalized spacial score (nSPS) is 15.3. The number of aliphatic carboxylic acids is 3. The zero-order valence-electron chi connectivity index (χ0n) is 70.0. The zero-order chi connectivity index (χ0) is 89.3. The molecule has 2 aromatic heterocycles. The number of esters is 2. The van der Waals surface area contributed by atoms with Crippen molar-refractivity contribution in [2.75, 3.05) is 45.0 Å². The molecule has 4 aromatic rings. The first-order chi connectivity index (χ1) is 57.5. The van der Waals surface area contributed by atoms with Crippen LogP contribution in [0, 0.1) is 17.8 Å². The molecule has 41 heteroatoms. The van der Waals surface area contributed by atoms with Gasteiger partial charge in [-0.2, -0.15) is 0 Å². The number of carbonyl (C=O) groups excluding carboxylic acids is 12. The van der Waals surface area contributed by atoms with Crippen LogP contribution in [0.5, 0.6) is 5.75 Å². The van der Waals surface area contributed by atoms with Gasteiger partial charge in [0.2, 0.25) is 35.4 Å². The van der Waals surface area contributed by atoms with Crippen molar-refractivity contribution in [2.45, 2.75) is 238 Å². The van der Waals surface area contributed by atoms with Gasteiger partial charge in [-0.05, 0) is 126 Å². The van der Waals surface area contributed by atoms with Crippen LogP contribution in [0.2, 0.25) is 0 Å². The van der Waals surface area contributed by atoms with Gasteiger partial charge >= 0.3 is 48.0 Å². The van der Waals surface area contributed by atoms with Gasteiger partial charge in [0, 0.05) is 98.9 Å². The Balaban J connectivity index is 1.08. The predicted molar refractivity (Wildman–Crippen MR) is 448 cm³/mol. The number of rotatable bonds is 52. The van der Waals surface area contributed by atoms with Crippen LogP contribution >= 0.6 is 32.9 Å². The van der Waals surface area contributed by atoms with Gasteiger partial charge in [-0.15, -0.1) is 11.3 Å². The summed E-state index contributed by atoms with van der Waals surface area (Å²) in [6.07, 6.45) is 4.23. The van der Waals surface area contributed by atoms with Crippen LogP contribution in [-0.4, -0.2) is 234 Å². The molecule has 12 atom stereocenters. The van der Waals surface area contributed by atoms with Gasteiger partial charge in [0.25, 0.3) is 5.91 Å². The van der Waals surface area contributed by atoms with Gasteiger partial charge in [0.15, 0.2) is 12.8 Å². The zero-order valence-corrected chi connectivity index (χ0v) is 72.4. The third kappa shape index (κ3) is 37.8. The lowest BCUT2D eigenvalue weighted by atomic mass is 9.92. The molecule has 0 aliphatic carbocycles. The lowest BCUT2D eigenvalue weighted by Crippen LogP contribution is -2.59. The van der Waals surface area contributed by atoms with Gasteiger partial charge in [-0.3, -0.25) is 63.1 Å². The first kappa shape index (κ1) is 101. The Morgan fingerprint density at radius 2 is 1.40 bits per heavy atom. The van der Waals surface area contributed by atoms with Crippen molar-refractivity contribution < 1.29 is 107 Å². The summed E-state index contributed by atoms with van der Waals surface area (Å²) < 4.78 is 16.9. The molecule has 1 saturated heterocycles. The number of phenolic OH excluding ortho intramolecular Hbond substituents is 1. The van der Waals surface area contributed by atoms with E-state index in [1.165, 1.54) is 63.4 Å². The highest BCUT2D eigenvalue weighted by atomic mass is 33.1. The lowest BCUT2D eigenvalue weighted by molar-refractivity contribution is -0.160. The largest absolute Gasteiger partial charge is 0.508 e. The Kier molecular flexibility index (Phi) is 44.2. The van der Waals surface area contributed by atoms with Gasteiger partial charge in [-0.25, -0.2) is 34.6 Å². The number of likely N-dealkylation sites (N-methyl/N-ethyl adjacent to an activating group) is 1. The van der Waals surface area contributed by atoms with Crippen molar-refractivity contribution in [1.29, 1.82) is 0 Å². The minimum Gasteiger partial charge on any atom is -0.508 e. The number of H-pyrrole nitrogens is 1. The number of nitrogens with zero attached hydrogens (tertiary/aromatic N) is 4. The van der Waals surface area contributed by atoms with E-state index in [2.05, 4.69) is 73.7 Å². The Morgan fingerprint density at radius 1 is 0.702 bits per heavy atom. The third-order valence-corrected chi connectivity index (χ3v) is 23.2. The first-order valence-electron chi connectivity index (χ1n) is 40.4. The van der Waals surface area contributed by atoms with Gasteiger partial charge in [-0.1, -0.05) is 112 Å². The molecule has 38 nitrogen and oxygen atoms in total. The van der Waals surface area contributed by atoms with Crippen molar-refractivity contribution in [3.63, 3.8) is 0 Å². The molecule has 16 N–H and O–H groups in total. The second kappa shape index (κ2) is 53.1. The molecular weight excluding hydrogens is 1630 g/mol. The number of aromatic hydroxyl groups is 1. The molecule has 1 aliphatic rings. The van der Waals surface area contributed by atoms with E-state index in [0.29, 0.717) is 73.2 Å². The molecule has 12 amide bonds. The van der Waals surface area contributed by atoms with Crippen LogP contribution in [0.1, 0.15) is 196 Å². The number of carboxylic acid groups (broad SMARTS) is 3. The molecule has 0 spiro atoms. The molecule has 0 saturated carbocycles. The molecule has 668 valence electrons. The van der Waals surface area contributed by atoms with Crippen molar-refractivity contribution in [2.24, 2.45) is 17.8 Å². The second-order valence-electron chi connectivity index (χ2n) is 30.2. The molecule has 1 unspecified atom stereocenters. The number of aromatic amines is 1. The number of aromatic nitrogens is 3. The number of hydrazine groups is 1. The van der Waals surface area contributed by atoms with Crippen molar-refractivity contribution in [3.05, 3.63) is 99.5 Å². The fraction of sp³-hybridized carbons (Fsp3) is 0.588. The number of thiazole rings is 1. The number of ether oxygens (including phenoxy) is 3. The average Bonchev–Trinajstić information content (AvgIpc) is 1.39. The average molecular weight is 1750 g/mol. The number of amides is 12. The fourth-order valence-corrected chi connectivity index (χ4v) is 15.8. The maximum Gasteiger partial charge on any atom is 0.426 e. The predicted octanol–water partition coefficient (Wildman–Crippen LogP) is 5.65. The molecule has 0 radical (unpaired) electrons. The van der Waals surface area contributed by atoms with Gasteiger partial charge in [0.1, 0.15) is 47.2 Å². The Bertz CT molecular complexity index is 4050. The molecule has 2 aromatic carbocycles. The molecule has 5 rings (SSSR count). The highest BCUT2D eigenvalue weighted by molar-refractivity contribution is 8.76. The lowest BCUT2D eigenvalue weighted by Gasteiger charge is -2.39. The van der Waals surface area contributed by atoms with E-state index < -0.39 is 163 Å². The van der Waals surface area contributed by atoms with E-state index in [1.54, 1.807) is 57.2 Å². The number of nitrogens with one attached hydrogen (secondary N) is 12. The maximum absolute atomic E-state index is 15.0. The number of likely N-dealkylation sites (tertiary alicyclic amines) is 1. The third-order valence-electron chi connectivity index (χ3n) is 19.7. The van der Waals surface area contributed by atoms with Crippen molar-refractivity contribution in [3.8, 4) is 5.75 Å². The minimum absolute atomic E-state index is 0.00143. The van der Waals surface area contributed by atoms with Gasteiger partial charge < -0.3 is 92.4 Å². The van der Waals surface area contributed by atoms with Crippen molar-refractivity contribution in [1.82, 2.24) is 83.5 Å². The summed E-state index contributed by atoms with van der Waals surface area (Å²) in [6, 6.07) is 3.56. The SMILES string of the molecule is CCCC(=O)OCN(C(=O)[C@@H](NC(=O)[C@H]1CCCCN1C)C(C)CC)[C@H](C[C@@H](OC(C)=O)c1nc(C(=O)N[C@@H](Cc2ccc(O)cc2)C[C@H](C)C(=O)NNC(=O)OCCSSC[C@@H](C)NC(=O)[C@H](Cc2c[nH]cn2)NC(=O)[C@H](CC(=O)O)NC(=O)Cc2ccc(CNC(=O)NCCCC[C@@H](C)NC(=O)N[C@@H](CCC(=O)O)C(=O)O)cc2)cs1)C(C)C. The van der Waals surface area contributed by atoms with E-state index in [-0.39, 0.29) is 104 Å². The summed E-state index contributed by atoms with van der Waals surface area (Å²) in [5, 5.41) is 63.9. The van der Waals surface area contributed by atoms with Crippen LogP contribution in [0.4, 0.5) is 14.4 Å². The summed E-state index contributed by atoms with van der Waals surface area (Å²) in [5.41, 5.74) is 6.78. The Labute approximate surface area is 715 Å². The number of benzene rings is 2. The topological polar surface area (TPSA) is 545 Å². The Morgan fingerprint density at radius 3 is 2.05 bits per heavy atom. The van der Waals surface area contributed by atoms with Crippen LogP contribution < -0.4 is 58.7 Å². The summed E-state index contributed by atoms with van der Waals surface area (Å²) in [5.74, 6) is -10.4. The van der Waals surface area contributed by atoms with Crippen LogP contribution in [0.3, 0.4) is 0 Å². The van der Waals surface area contributed by atoms with Crippen LogP contribution in [0.25, 0.3) is 0 Å². The summed E-state index contributed by atoms with van der Waals surface area (Å²) in [4.78, 5) is 210. The number of carbonyl (C=O) groups is 15. The molecular formula is C80H118N16O22S3. The number of urea groups is 2. The highest BCUT2D eigenvalue weighted by Gasteiger charge is 2.40. The molecule has 0 bridgehead atoms. The number of carboxylic acids is 3. The Hall–Kier alpha value is -10.8. The van der Waals surface area contributed by atoms with Crippen LogP contribution in [0.15, 0.2) is 66.4 Å². The van der Waals surface area contributed by atoms with E-state index in [4.69, 9.17) is 19.3 Å². The highest BCUT2D eigenvalue weighted by Crippen LogP contribution is 2.33. The molecule has 1 aliphatic heterocycles. The molecule has 3 heterocycles. The van der Waals surface area contributed by atoms with E-state index in [1.807, 2.05) is 46.6 Å². The van der Waals surface area contributed by atoms with E-state index >= 15 is 4.79 Å². The second-order valence-corrected chi connectivity index (χ2v) is 33.7. The summed E-state index contributed by atoms with van der Waals surface area (Å²) in [6.45, 7) is 16.1. The van der Waals surface area contributed by atoms with Crippen LogP contribution in [-0.2, 0) is 92.8 Å². The quantitative estimate of drug-likeness (QED) is 0.00634. The number of imidazole rings is 1. The monoisotopic (exact) mass is 1750 g/mol. The number of unbranched alkanes of at least 4 members (excludes halogenated alkanes) is 1. The number of piperidine rings is 1. The van der Waals surface area contributed by atoms with Gasteiger partial charge in [0.05, 0.1) is 30.9 Å². The maximum atomic E-state index is 15.0. The first-order valence-corrected chi connectivity index (χ1v) is 43.8. The number of hydrogen-bond donors (Lipinski definition) is 16. The standard InChI is InChI=1S/C80H118N16O22S3/c1-11-17-68(104)117-45-96(76(110)69(47(5)12-2)92-74(109)62-19-14-16-31-95(62)10)63(46(3)4)39-64(118-51(9)97)75-90-61(43-119-75)73(108)87-55(35-52-24-26-57(98)27-25-52)34-48(6)70(105)93-94-80(115)116-32-33-120-121-42-50(8)85-71(106)59(37-56-41-81-44-84-56)89-72(107)60(38-67(102)103)88-65(99)36-53-20-22-54(23-21-53)40-83-78(113)82-30-15-13-18-49(7)86-79(114)91-58(77(111)112)28-29-66(100)101/h20-27,41,43-44,46-50,55,58-60,62-64,69,98H,11-19,28-40,42,45H2,1-10H3,(H,81,84)(H,85,106)(H,87,108)(H,88,99)(H,89,107)(H,92,109)(H,93,105)(H,94,115)(H,100,101)(H,102,103)(H,111,112)(H2,82,83,113)(H2,86,91,114)/t47?,48-,49+,50+,55+,58-,59-,60-,62+,63+,64+,69-/m0/s1. The van der Waals surface area contributed by atoms with Crippen molar-refractivity contribution >= 4 is 122 Å². The molecule has 121 heavy (non-hydrogen) atoms. The molecule has 1 fully saturated rings. The number of hydrogen-bond acceptors (Lipinski definition) is 25. The van der Waals surface area contributed by atoms with E-state index in [0.717, 1.165) is 30.7 Å². The number of phenols is 1. The van der Waals surface area contributed by atoms with E-state index in [9.17, 15) is 82.4 Å². The smallest absolute Gasteiger partial charge is 0.426 e. The summed E-state index contributed by atoms with van der Waals surface area (Å²) in [7, 11) is 4.50. The summed E-state index contributed by atoms with van der Waals surface area (Å²) >= 11 is 1.04.